The molecule has 0 saturated carbocycles. The number of nitrogens with one attached hydrogen (secondary N) is 2. The monoisotopic (exact) mass is 367 g/mol. The maximum Gasteiger partial charge on any atom is 0.221 e. The van der Waals surface area contributed by atoms with Crippen molar-refractivity contribution in [3.63, 3.8) is 0 Å². The van der Waals surface area contributed by atoms with Crippen molar-refractivity contribution in [3.05, 3.63) is 42.0 Å². The minimum absolute atomic E-state index is 0.0315. The third kappa shape index (κ3) is 4.18. The maximum atomic E-state index is 11.8. The van der Waals surface area contributed by atoms with Gasteiger partial charge in [-0.1, -0.05) is 0 Å². The summed E-state index contributed by atoms with van der Waals surface area (Å²) in [5.41, 5.74) is 3.56. The van der Waals surface area contributed by atoms with Gasteiger partial charge in [-0.25, -0.2) is 0 Å². The molecule has 142 valence electrons. The normalized spacial score (nSPS) is 11.2. The van der Waals surface area contributed by atoms with Gasteiger partial charge < -0.3 is 20.3 Å². The minimum atomic E-state index is -0.113. The summed E-state index contributed by atoms with van der Waals surface area (Å²) >= 11 is 0. The highest BCUT2D eigenvalue weighted by molar-refractivity contribution is 6.12. The average molecular weight is 367 g/mol. The van der Waals surface area contributed by atoms with Crippen LogP contribution in [0.3, 0.4) is 0 Å². The van der Waals surface area contributed by atoms with Gasteiger partial charge in [0.15, 0.2) is 5.78 Å². The molecule has 1 heterocycles. The van der Waals surface area contributed by atoms with Crippen LogP contribution in [0.25, 0.3) is 21.8 Å². The van der Waals surface area contributed by atoms with Crippen LogP contribution in [0.15, 0.2) is 36.4 Å². The minimum Gasteiger partial charge on any atom is -0.395 e. The van der Waals surface area contributed by atoms with Gasteiger partial charge in [0.1, 0.15) is 0 Å². The van der Waals surface area contributed by atoms with E-state index in [1.54, 1.807) is 6.92 Å². The number of anilines is 1. The lowest BCUT2D eigenvalue weighted by atomic mass is 10.1. The number of aromatic nitrogens is 1. The largest absolute Gasteiger partial charge is 0.395 e. The van der Waals surface area contributed by atoms with Crippen molar-refractivity contribution in [2.75, 3.05) is 25.0 Å². The first-order chi connectivity index (χ1) is 13.0. The summed E-state index contributed by atoms with van der Waals surface area (Å²) in [5, 5.41) is 16.9. The van der Waals surface area contributed by atoms with Crippen molar-refractivity contribution in [1.82, 2.24) is 9.88 Å². The van der Waals surface area contributed by atoms with Crippen LogP contribution in [-0.4, -0.2) is 41.1 Å². The number of carbonyl (C=O) groups is 2. The Balaban J connectivity index is 2.06. The summed E-state index contributed by atoms with van der Waals surface area (Å²) in [6.45, 7) is 5.41. The predicted molar refractivity (Wildman–Crippen MR) is 108 cm³/mol. The Bertz CT molecular complexity index is 991. The lowest BCUT2D eigenvalue weighted by Gasteiger charge is -2.09. The summed E-state index contributed by atoms with van der Waals surface area (Å²) < 4.78 is 2.24. The molecule has 0 aliphatic carbocycles. The molecule has 0 aliphatic heterocycles. The van der Waals surface area contributed by atoms with E-state index in [0.29, 0.717) is 12.1 Å². The van der Waals surface area contributed by atoms with Crippen LogP contribution in [0.4, 0.5) is 5.69 Å². The first-order valence-electron chi connectivity index (χ1n) is 9.17. The molecule has 0 bridgehead atoms. The second-order valence-electron chi connectivity index (χ2n) is 6.68. The molecule has 1 amide bonds. The second-order valence-corrected chi connectivity index (χ2v) is 6.68. The van der Waals surface area contributed by atoms with Crippen LogP contribution in [0.2, 0.25) is 0 Å². The van der Waals surface area contributed by atoms with Crippen molar-refractivity contribution in [3.8, 4) is 0 Å². The first kappa shape index (κ1) is 19.1. The highest BCUT2D eigenvalue weighted by atomic mass is 16.3. The molecule has 2 aromatic carbocycles. The van der Waals surface area contributed by atoms with E-state index in [9.17, 15) is 9.59 Å². The van der Waals surface area contributed by atoms with E-state index in [1.165, 1.54) is 6.92 Å². The van der Waals surface area contributed by atoms with Gasteiger partial charge in [0.25, 0.3) is 0 Å². The summed E-state index contributed by atoms with van der Waals surface area (Å²) in [6, 6.07) is 11.6. The molecule has 3 rings (SSSR count). The molecule has 3 aromatic rings. The van der Waals surface area contributed by atoms with Crippen LogP contribution < -0.4 is 10.6 Å². The zero-order valence-corrected chi connectivity index (χ0v) is 15.7. The van der Waals surface area contributed by atoms with Crippen LogP contribution in [0, 0.1) is 0 Å². The third-order valence-electron chi connectivity index (χ3n) is 4.62. The summed E-state index contributed by atoms with van der Waals surface area (Å²) in [7, 11) is 0. The predicted octanol–water partition coefficient (Wildman–Crippen LogP) is 2.93. The van der Waals surface area contributed by atoms with E-state index >= 15 is 0 Å². The Morgan fingerprint density at radius 2 is 1.70 bits per heavy atom. The summed E-state index contributed by atoms with van der Waals surface area (Å²) in [6.07, 6.45) is 0.917. The number of rotatable bonds is 8. The lowest BCUT2D eigenvalue weighted by Crippen LogP contribution is -2.20. The highest BCUT2D eigenvalue weighted by Crippen LogP contribution is 2.32. The molecule has 0 fully saturated rings. The molecular weight excluding hydrogens is 342 g/mol. The maximum absolute atomic E-state index is 11.8. The van der Waals surface area contributed by atoms with Crippen molar-refractivity contribution >= 4 is 39.2 Å². The van der Waals surface area contributed by atoms with Crippen molar-refractivity contribution in [2.24, 2.45) is 0 Å². The van der Waals surface area contributed by atoms with Gasteiger partial charge in [0.05, 0.1) is 6.61 Å². The van der Waals surface area contributed by atoms with Crippen molar-refractivity contribution in [2.45, 2.75) is 26.8 Å². The fraction of sp³-hybridized carbons (Fsp3) is 0.333. The Labute approximate surface area is 158 Å². The Morgan fingerprint density at radius 1 is 1.00 bits per heavy atom. The standard InChI is InChI=1S/C21H25N3O3/c1-14(26)16-4-6-20-18(12-16)19-13-17(23-15(2)27)5-7-21(19)24(20)10-3-8-22-9-11-25/h4-7,12-13,22,25H,3,8-11H2,1-2H3,(H,23,27). The number of benzene rings is 2. The molecule has 0 atom stereocenters. The summed E-state index contributed by atoms with van der Waals surface area (Å²) in [5.74, 6) is -0.0820. The fourth-order valence-electron chi connectivity index (χ4n) is 3.41. The van der Waals surface area contributed by atoms with E-state index in [4.69, 9.17) is 5.11 Å². The zero-order valence-electron chi connectivity index (χ0n) is 15.7. The summed E-state index contributed by atoms with van der Waals surface area (Å²) in [4.78, 5) is 23.2. The van der Waals surface area contributed by atoms with Gasteiger partial charge >= 0.3 is 0 Å². The van der Waals surface area contributed by atoms with Gasteiger partial charge in [0, 0.05) is 53.1 Å². The molecular formula is C21H25N3O3. The van der Waals surface area contributed by atoms with Crippen LogP contribution in [-0.2, 0) is 11.3 Å². The van der Waals surface area contributed by atoms with E-state index in [-0.39, 0.29) is 18.3 Å². The molecule has 3 N–H and O–H groups in total. The van der Waals surface area contributed by atoms with E-state index < -0.39 is 0 Å². The number of ketones is 1. The van der Waals surface area contributed by atoms with Gasteiger partial charge in [-0.3, -0.25) is 9.59 Å². The quantitative estimate of drug-likeness (QED) is 0.422. The van der Waals surface area contributed by atoms with E-state index in [1.807, 2.05) is 36.4 Å². The first-order valence-corrected chi connectivity index (χ1v) is 9.17. The van der Waals surface area contributed by atoms with Crippen LogP contribution in [0.1, 0.15) is 30.6 Å². The molecule has 0 radical (unpaired) electrons. The number of hydrogen-bond acceptors (Lipinski definition) is 4. The Hall–Kier alpha value is -2.70. The van der Waals surface area contributed by atoms with E-state index in [0.717, 1.165) is 47.0 Å². The van der Waals surface area contributed by atoms with E-state index in [2.05, 4.69) is 15.2 Å². The number of fused-ring (bicyclic) bond motifs is 3. The molecule has 27 heavy (non-hydrogen) atoms. The topological polar surface area (TPSA) is 83.4 Å². The SMILES string of the molecule is CC(=O)Nc1ccc2c(c1)c1cc(C(C)=O)ccc1n2CCCNCCO. The van der Waals surface area contributed by atoms with Crippen molar-refractivity contribution in [1.29, 1.82) is 0 Å². The van der Waals surface area contributed by atoms with Crippen LogP contribution in [0.5, 0.6) is 0 Å². The number of aliphatic hydroxyl groups excluding tert-OH is 1. The number of hydrogen-bond donors (Lipinski definition) is 3. The van der Waals surface area contributed by atoms with Crippen molar-refractivity contribution < 1.29 is 14.7 Å². The Morgan fingerprint density at radius 3 is 2.37 bits per heavy atom. The number of aliphatic hydroxyl groups is 1. The van der Waals surface area contributed by atoms with Gasteiger partial charge in [-0.2, -0.15) is 0 Å². The smallest absolute Gasteiger partial charge is 0.221 e. The molecule has 6 nitrogen and oxygen atoms in total. The number of carbonyl (C=O) groups excluding carboxylic acids is 2. The average Bonchev–Trinajstić information content (AvgIpc) is 2.94. The number of Topliss-reactive ketones (excluding diaryl/α,β-unsaturated/α-hetero) is 1. The number of amides is 1. The molecule has 0 unspecified atom stereocenters. The number of nitrogens with zero attached hydrogens (tertiary/aromatic N) is 1. The Kier molecular flexibility index (Phi) is 5.88. The van der Waals surface area contributed by atoms with Gasteiger partial charge in [0.2, 0.25) is 5.91 Å². The second kappa shape index (κ2) is 8.33. The lowest BCUT2D eigenvalue weighted by molar-refractivity contribution is -0.114. The molecule has 6 heteroatoms. The van der Waals surface area contributed by atoms with Gasteiger partial charge in [-0.05, 0) is 56.3 Å². The molecule has 0 aliphatic rings. The molecule has 0 saturated heterocycles. The molecule has 0 spiro atoms. The molecule has 1 aromatic heterocycles. The fourth-order valence-corrected chi connectivity index (χ4v) is 3.41. The van der Waals surface area contributed by atoms with Crippen LogP contribution >= 0.6 is 0 Å². The zero-order chi connectivity index (χ0) is 19.4. The highest BCUT2D eigenvalue weighted by Gasteiger charge is 2.13. The number of aryl methyl sites for hydroxylation is 1. The third-order valence-corrected chi connectivity index (χ3v) is 4.62. The van der Waals surface area contributed by atoms with Gasteiger partial charge in [-0.15, -0.1) is 0 Å².